The van der Waals surface area contributed by atoms with Gasteiger partial charge in [0, 0.05) is 36.8 Å². The standard InChI is InChI=1S/C36H31FN6O2/c1-22(23-10-12-25(13-11-23)36(44)45-2)42-20-26(21-42)28-15-14-27(19-30(28)37)43-34(29-9-6-18-39-33(29)38)41-32-17-16-31(40-35(32)43)24-7-4-3-5-8-24/h3-19,22,26H,20-21H2,1-2H3,(H2,38,39). The van der Waals surface area contributed by atoms with Crippen molar-refractivity contribution in [2.75, 3.05) is 25.9 Å². The van der Waals surface area contributed by atoms with E-state index in [2.05, 4.69) is 16.8 Å². The molecule has 1 saturated heterocycles. The number of hydrogen-bond donors (Lipinski definition) is 1. The first-order valence-corrected chi connectivity index (χ1v) is 14.8. The van der Waals surface area contributed by atoms with Gasteiger partial charge in [-0.15, -0.1) is 0 Å². The summed E-state index contributed by atoms with van der Waals surface area (Å²) in [7, 11) is 1.37. The predicted octanol–water partition coefficient (Wildman–Crippen LogP) is 6.82. The third-order valence-corrected chi connectivity index (χ3v) is 8.61. The van der Waals surface area contributed by atoms with Crippen LogP contribution >= 0.6 is 0 Å². The summed E-state index contributed by atoms with van der Waals surface area (Å²) in [5.41, 5.74) is 12.8. The van der Waals surface area contributed by atoms with Crippen molar-refractivity contribution in [3.63, 3.8) is 0 Å². The van der Waals surface area contributed by atoms with Crippen molar-refractivity contribution in [3.05, 3.63) is 126 Å². The van der Waals surface area contributed by atoms with Crippen LogP contribution in [-0.2, 0) is 4.74 Å². The molecule has 45 heavy (non-hydrogen) atoms. The summed E-state index contributed by atoms with van der Waals surface area (Å²) in [6.45, 7) is 3.57. The molecule has 3 aromatic heterocycles. The van der Waals surface area contributed by atoms with E-state index in [1.807, 2.05) is 77.4 Å². The molecule has 0 spiro atoms. The highest BCUT2D eigenvalue weighted by Crippen LogP contribution is 2.37. The Bertz CT molecular complexity index is 2020. The van der Waals surface area contributed by atoms with Crippen molar-refractivity contribution in [2.24, 2.45) is 0 Å². The molecule has 1 aliphatic rings. The van der Waals surface area contributed by atoms with Crippen LogP contribution in [0.25, 0.3) is 39.5 Å². The van der Waals surface area contributed by atoms with Gasteiger partial charge in [0.2, 0.25) is 0 Å². The third kappa shape index (κ3) is 5.21. The van der Waals surface area contributed by atoms with Crippen LogP contribution in [0.1, 0.15) is 40.4 Å². The molecule has 1 fully saturated rings. The fraction of sp³-hybridized carbons (Fsp3) is 0.167. The van der Waals surface area contributed by atoms with E-state index in [4.69, 9.17) is 20.4 Å². The number of fused-ring (bicyclic) bond motifs is 1. The number of anilines is 1. The number of rotatable bonds is 7. The van der Waals surface area contributed by atoms with Crippen molar-refractivity contribution in [2.45, 2.75) is 18.9 Å². The molecular formula is C36H31FN6O2. The minimum atomic E-state index is -0.357. The average Bonchev–Trinajstić information content (AvgIpc) is 3.43. The van der Waals surface area contributed by atoms with Crippen LogP contribution in [0.5, 0.6) is 0 Å². The number of ether oxygens (including phenoxy) is 1. The highest BCUT2D eigenvalue weighted by atomic mass is 19.1. The van der Waals surface area contributed by atoms with Gasteiger partial charge in [0.05, 0.1) is 29.6 Å². The van der Waals surface area contributed by atoms with Gasteiger partial charge in [-0.2, -0.15) is 0 Å². The summed E-state index contributed by atoms with van der Waals surface area (Å²) in [6.07, 6.45) is 1.63. The Hall–Kier alpha value is -5.41. The minimum Gasteiger partial charge on any atom is -0.465 e. The molecule has 1 atom stereocenters. The third-order valence-electron chi connectivity index (χ3n) is 8.61. The van der Waals surface area contributed by atoms with E-state index in [0.29, 0.717) is 45.2 Å². The second kappa shape index (κ2) is 11.6. The summed E-state index contributed by atoms with van der Waals surface area (Å²) in [4.78, 5) is 28.2. The molecule has 0 aliphatic carbocycles. The lowest BCUT2D eigenvalue weighted by Crippen LogP contribution is -2.46. The number of carbonyl (C=O) groups is 1. The molecule has 9 heteroatoms. The molecule has 0 radical (unpaired) electrons. The smallest absolute Gasteiger partial charge is 0.337 e. The zero-order chi connectivity index (χ0) is 31.1. The molecule has 0 amide bonds. The molecule has 8 nitrogen and oxygen atoms in total. The van der Waals surface area contributed by atoms with Crippen LogP contribution in [0.4, 0.5) is 10.2 Å². The second-order valence-electron chi connectivity index (χ2n) is 11.3. The maximum absolute atomic E-state index is 15.9. The van der Waals surface area contributed by atoms with Crippen molar-refractivity contribution >= 4 is 23.0 Å². The Morgan fingerprint density at radius 1 is 0.956 bits per heavy atom. The van der Waals surface area contributed by atoms with Crippen molar-refractivity contribution in [3.8, 4) is 28.3 Å². The molecule has 6 aromatic rings. The number of nitrogens with two attached hydrogens (primary N) is 1. The first kappa shape index (κ1) is 28.4. The lowest BCUT2D eigenvalue weighted by Gasteiger charge is -2.43. The van der Waals surface area contributed by atoms with Gasteiger partial charge in [0.1, 0.15) is 17.2 Å². The van der Waals surface area contributed by atoms with Gasteiger partial charge < -0.3 is 10.5 Å². The fourth-order valence-electron chi connectivity index (χ4n) is 6.00. The largest absolute Gasteiger partial charge is 0.465 e. The van der Waals surface area contributed by atoms with Crippen LogP contribution in [0.2, 0.25) is 0 Å². The summed E-state index contributed by atoms with van der Waals surface area (Å²) < 4.78 is 22.6. The maximum atomic E-state index is 15.9. The van der Waals surface area contributed by atoms with Crippen molar-refractivity contribution in [1.29, 1.82) is 0 Å². The van der Waals surface area contributed by atoms with E-state index in [9.17, 15) is 4.79 Å². The van der Waals surface area contributed by atoms with Gasteiger partial charge in [0.15, 0.2) is 11.5 Å². The Balaban J connectivity index is 1.20. The quantitative estimate of drug-likeness (QED) is 0.201. The normalized spacial score (nSPS) is 14.3. The zero-order valence-electron chi connectivity index (χ0n) is 24.9. The number of nitrogen functional groups attached to an aromatic ring is 1. The summed E-state index contributed by atoms with van der Waals surface area (Å²) in [6, 6.07) is 30.3. The topological polar surface area (TPSA) is 99.2 Å². The molecular weight excluding hydrogens is 567 g/mol. The highest BCUT2D eigenvalue weighted by Gasteiger charge is 2.34. The van der Waals surface area contributed by atoms with Crippen LogP contribution in [0.15, 0.2) is 103 Å². The Labute approximate surface area is 260 Å². The van der Waals surface area contributed by atoms with Gasteiger partial charge in [-0.25, -0.2) is 24.1 Å². The van der Waals surface area contributed by atoms with Crippen molar-refractivity contribution < 1.29 is 13.9 Å². The van der Waals surface area contributed by atoms with Gasteiger partial charge in [0.25, 0.3) is 0 Å². The number of methoxy groups -OCH3 is 1. The lowest BCUT2D eigenvalue weighted by atomic mass is 9.88. The lowest BCUT2D eigenvalue weighted by molar-refractivity contribution is 0.0600. The molecule has 7 rings (SSSR count). The van der Waals surface area contributed by atoms with Crippen LogP contribution in [0, 0.1) is 5.82 Å². The maximum Gasteiger partial charge on any atom is 0.337 e. The van der Waals surface area contributed by atoms with E-state index in [1.165, 1.54) is 7.11 Å². The van der Waals surface area contributed by atoms with E-state index < -0.39 is 0 Å². The number of carbonyl (C=O) groups excluding carboxylic acids is 1. The van der Waals surface area contributed by atoms with Gasteiger partial charge in [-0.1, -0.05) is 48.5 Å². The van der Waals surface area contributed by atoms with E-state index >= 15 is 4.39 Å². The van der Waals surface area contributed by atoms with Gasteiger partial charge in [-0.3, -0.25) is 9.47 Å². The van der Waals surface area contributed by atoms with E-state index in [1.54, 1.807) is 30.5 Å². The number of likely N-dealkylation sites (tertiary alicyclic amines) is 1. The SMILES string of the molecule is COC(=O)c1ccc(C(C)N2CC(c3ccc(-n4c(-c5cccnc5N)nc5ccc(-c6ccccc6)nc54)cc3F)C2)cc1. The first-order valence-electron chi connectivity index (χ1n) is 14.8. The van der Waals surface area contributed by atoms with E-state index in [-0.39, 0.29) is 23.7 Å². The Morgan fingerprint density at radius 2 is 1.73 bits per heavy atom. The van der Waals surface area contributed by atoms with Gasteiger partial charge in [-0.05, 0) is 66.6 Å². The molecule has 224 valence electrons. The Morgan fingerprint density at radius 3 is 2.44 bits per heavy atom. The average molecular weight is 599 g/mol. The number of hydrogen-bond acceptors (Lipinski definition) is 7. The summed E-state index contributed by atoms with van der Waals surface area (Å²) in [5, 5.41) is 0. The molecule has 1 unspecified atom stereocenters. The van der Waals surface area contributed by atoms with Crippen LogP contribution < -0.4 is 5.73 Å². The second-order valence-corrected chi connectivity index (χ2v) is 11.3. The number of nitrogens with zero attached hydrogens (tertiary/aromatic N) is 5. The van der Waals surface area contributed by atoms with E-state index in [0.717, 1.165) is 29.9 Å². The van der Waals surface area contributed by atoms with Crippen LogP contribution in [-0.4, -0.2) is 50.6 Å². The number of benzene rings is 3. The Kier molecular flexibility index (Phi) is 7.31. The monoisotopic (exact) mass is 598 g/mol. The molecule has 1 aliphatic heterocycles. The molecule has 0 bridgehead atoms. The first-order chi connectivity index (χ1) is 21.9. The minimum absolute atomic E-state index is 0.0617. The number of halogens is 1. The number of aromatic nitrogens is 4. The fourth-order valence-corrected chi connectivity index (χ4v) is 6.00. The molecule has 2 N–H and O–H groups in total. The summed E-state index contributed by atoms with van der Waals surface area (Å²) >= 11 is 0. The molecule has 3 aromatic carbocycles. The highest BCUT2D eigenvalue weighted by molar-refractivity contribution is 5.89. The summed E-state index contributed by atoms with van der Waals surface area (Å²) in [5.74, 6) is 0.301. The zero-order valence-corrected chi connectivity index (χ0v) is 24.9. The number of imidazole rings is 1. The predicted molar refractivity (Wildman–Crippen MR) is 172 cm³/mol. The van der Waals surface area contributed by atoms with Crippen LogP contribution in [0.3, 0.4) is 0 Å². The number of esters is 1. The number of pyridine rings is 2. The van der Waals surface area contributed by atoms with Gasteiger partial charge >= 0.3 is 5.97 Å². The molecule has 0 saturated carbocycles. The molecule has 4 heterocycles. The van der Waals surface area contributed by atoms with Crippen molar-refractivity contribution in [1.82, 2.24) is 24.4 Å².